The average molecular weight is 417 g/mol. The molecule has 160 valence electrons. The van der Waals surface area contributed by atoms with E-state index in [4.69, 9.17) is 18.9 Å². The summed E-state index contributed by atoms with van der Waals surface area (Å²) in [5.41, 5.74) is 6.90. The topological polar surface area (TPSA) is 36.9 Å². The van der Waals surface area contributed by atoms with E-state index in [1.165, 1.54) is 11.1 Å². The summed E-state index contributed by atoms with van der Waals surface area (Å²) >= 11 is 0. The van der Waals surface area contributed by atoms with Crippen LogP contribution in [0.4, 0.5) is 0 Å². The lowest BCUT2D eigenvalue weighted by molar-refractivity contribution is -0.126. The summed E-state index contributed by atoms with van der Waals surface area (Å²) < 4.78 is 23.3. The van der Waals surface area contributed by atoms with Crippen LogP contribution in [0.5, 0.6) is 5.75 Å². The average Bonchev–Trinajstić information content (AvgIpc) is 2.88. The van der Waals surface area contributed by atoms with Gasteiger partial charge in [-0.2, -0.15) is 0 Å². The van der Waals surface area contributed by atoms with Crippen molar-refractivity contribution in [1.29, 1.82) is 0 Å². The van der Waals surface area contributed by atoms with Gasteiger partial charge in [0.25, 0.3) is 0 Å². The van der Waals surface area contributed by atoms with E-state index in [1.807, 2.05) is 49.4 Å². The van der Waals surface area contributed by atoms with Crippen molar-refractivity contribution in [3.8, 4) is 16.9 Å². The number of benzene rings is 3. The van der Waals surface area contributed by atoms with Gasteiger partial charge >= 0.3 is 0 Å². The molecular weight excluding hydrogens is 388 g/mol. The van der Waals surface area contributed by atoms with E-state index in [9.17, 15) is 0 Å². The summed E-state index contributed by atoms with van der Waals surface area (Å²) in [6, 6.07) is 24.6. The van der Waals surface area contributed by atoms with E-state index in [-0.39, 0.29) is 0 Å². The molecule has 4 heteroatoms. The Morgan fingerprint density at radius 3 is 2.03 bits per heavy atom. The van der Waals surface area contributed by atoms with E-state index in [2.05, 4.69) is 36.4 Å². The minimum atomic E-state index is -0.427. The summed E-state index contributed by atoms with van der Waals surface area (Å²) in [4.78, 5) is 0. The highest BCUT2D eigenvalue weighted by molar-refractivity contribution is 5.70. The molecule has 0 unspecified atom stereocenters. The second-order valence-corrected chi connectivity index (χ2v) is 7.66. The zero-order valence-electron chi connectivity index (χ0n) is 18.0. The molecule has 0 bridgehead atoms. The van der Waals surface area contributed by atoms with Crippen molar-refractivity contribution in [1.82, 2.24) is 0 Å². The first-order valence-electron chi connectivity index (χ1n) is 10.5. The van der Waals surface area contributed by atoms with Gasteiger partial charge in [-0.3, -0.25) is 0 Å². The van der Waals surface area contributed by atoms with Gasteiger partial charge in [0.1, 0.15) is 5.75 Å². The highest BCUT2D eigenvalue weighted by Crippen LogP contribution is 2.30. The Morgan fingerprint density at radius 2 is 1.45 bits per heavy atom. The molecule has 0 saturated carbocycles. The summed E-state index contributed by atoms with van der Waals surface area (Å²) in [5, 5.41) is 0. The Bertz CT molecular complexity index is 974. The van der Waals surface area contributed by atoms with Crippen LogP contribution in [0.3, 0.4) is 0 Å². The van der Waals surface area contributed by atoms with Gasteiger partial charge in [0, 0.05) is 0 Å². The molecular formula is C27H28O4. The smallest absolute Gasteiger partial charge is 0.177 e. The first-order chi connectivity index (χ1) is 15.2. The fourth-order valence-electron chi connectivity index (χ4n) is 3.64. The summed E-state index contributed by atoms with van der Waals surface area (Å²) in [7, 11) is 1.67. The number of hydrogen-bond acceptors (Lipinski definition) is 4. The molecule has 3 aromatic carbocycles. The summed E-state index contributed by atoms with van der Waals surface area (Å²) in [6.07, 6.45) is 1.58. The molecule has 1 heterocycles. The van der Waals surface area contributed by atoms with Crippen LogP contribution >= 0.6 is 0 Å². The predicted octanol–water partition coefficient (Wildman–Crippen LogP) is 5.90. The molecule has 0 aliphatic carbocycles. The Hall–Kier alpha value is -2.92. The molecule has 1 aliphatic rings. The molecule has 31 heavy (non-hydrogen) atoms. The quantitative estimate of drug-likeness (QED) is 0.469. The lowest BCUT2D eigenvalue weighted by Crippen LogP contribution is -2.15. The van der Waals surface area contributed by atoms with Gasteiger partial charge < -0.3 is 18.9 Å². The Morgan fingerprint density at radius 1 is 0.871 bits per heavy atom. The van der Waals surface area contributed by atoms with Crippen LogP contribution in [0.1, 0.15) is 23.6 Å². The lowest BCUT2D eigenvalue weighted by Gasteiger charge is -2.16. The van der Waals surface area contributed by atoms with Crippen LogP contribution in [-0.2, 0) is 34.0 Å². The van der Waals surface area contributed by atoms with Crippen LogP contribution in [0, 0.1) is 0 Å². The Balaban J connectivity index is 1.41. The van der Waals surface area contributed by atoms with Gasteiger partial charge in [-0.1, -0.05) is 60.7 Å². The van der Waals surface area contributed by atoms with Crippen molar-refractivity contribution in [2.45, 2.75) is 33.0 Å². The molecule has 4 nitrogen and oxygen atoms in total. The zero-order valence-corrected chi connectivity index (χ0v) is 18.0. The van der Waals surface area contributed by atoms with E-state index in [1.54, 1.807) is 7.11 Å². The molecule has 0 amide bonds. The third-order valence-corrected chi connectivity index (χ3v) is 5.31. The molecule has 3 aromatic rings. The van der Waals surface area contributed by atoms with E-state index >= 15 is 0 Å². The fourth-order valence-corrected chi connectivity index (χ4v) is 3.64. The van der Waals surface area contributed by atoms with Crippen LogP contribution in [0.25, 0.3) is 11.1 Å². The normalized spacial score (nSPS) is 14.7. The third kappa shape index (κ3) is 5.61. The number of rotatable bonds is 6. The SMILES string of the molecule is COc1ccc(COC/C(C)=C/C2OCc3ccccc3-c3ccccc3CO2)cc1. The molecule has 4 rings (SSSR count). The first kappa shape index (κ1) is 21.3. The van der Waals surface area contributed by atoms with Gasteiger partial charge in [0.15, 0.2) is 6.29 Å². The molecule has 0 aromatic heterocycles. The molecule has 0 atom stereocenters. The number of methoxy groups -OCH3 is 1. The van der Waals surface area contributed by atoms with Gasteiger partial charge in [0.05, 0.1) is 33.5 Å². The largest absolute Gasteiger partial charge is 0.497 e. The van der Waals surface area contributed by atoms with Crippen molar-refractivity contribution in [3.63, 3.8) is 0 Å². The number of hydrogen-bond donors (Lipinski definition) is 0. The molecule has 0 spiro atoms. The lowest BCUT2D eigenvalue weighted by atomic mass is 9.96. The van der Waals surface area contributed by atoms with Crippen molar-refractivity contribution < 1.29 is 18.9 Å². The number of ether oxygens (including phenoxy) is 4. The van der Waals surface area contributed by atoms with Crippen LogP contribution in [0.2, 0.25) is 0 Å². The maximum Gasteiger partial charge on any atom is 0.177 e. The zero-order chi connectivity index (χ0) is 21.5. The minimum Gasteiger partial charge on any atom is -0.497 e. The number of fused-ring (bicyclic) bond motifs is 3. The third-order valence-electron chi connectivity index (χ3n) is 5.31. The van der Waals surface area contributed by atoms with Crippen LogP contribution in [-0.4, -0.2) is 20.0 Å². The minimum absolute atomic E-state index is 0.427. The fraction of sp³-hybridized carbons (Fsp3) is 0.259. The maximum atomic E-state index is 6.11. The molecule has 0 fully saturated rings. The van der Waals surface area contributed by atoms with Crippen LogP contribution in [0.15, 0.2) is 84.4 Å². The van der Waals surface area contributed by atoms with Gasteiger partial charge in [0.2, 0.25) is 0 Å². The van der Waals surface area contributed by atoms with Gasteiger partial charge in [-0.25, -0.2) is 0 Å². The monoisotopic (exact) mass is 416 g/mol. The van der Waals surface area contributed by atoms with Crippen molar-refractivity contribution in [3.05, 3.63) is 101 Å². The van der Waals surface area contributed by atoms with E-state index in [0.717, 1.165) is 28.0 Å². The van der Waals surface area contributed by atoms with Gasteiger partial charge in [-0.05, 0) is 58.5 Å². The molecule has 1 aliphatic heterocycles. The van der Waals surface area contributed by atoms with Gasteiger partial charge in [-0.15, -0.1) is 0 Å². The maximum absolute atomic E-state index is 6.11. The van der Waals surface area contributed by atoms with E-state index in [0.29, 0.717) is 26.4 Å². The summed E-state index contributed by atoms with van der Waals surface area (Å²) in [6.45, 7) is 4.08. The molecule has 0 saturated heterocycles. The first-order valence-corrected chi connectivity index (χ1v) is 10.5. The Labute approximate surface area is 184 Å². The molecule has 0 N–H and O–H groups in total. The standard InChI is InChI=1S/C27H28O4/c1-20(16-29-17-21-11-13-24(28-2)14-12-21)15-27-30-18-22-7-3-5-9-25(22)26-10-6-4-8-23(26)19-31-27/h3-15,27H,16-19H2,1-2H3/b20-15+. The highest BCUT2D eigenvalue weighted by Gasteiger charge is 2.16. The van der Waals surface area contributed by atoms with Crippen LogP contribution < -0.4 is 4.74 Å². The second kappa shape index (κ2) is 10.4. The predicted molar refractivity (Wildman–Crippen MR) is 122 cm³/mol. The summed E-state index contributed by atoms with van der Waals surface area (Å²) in [5.74, 6) is 0.845. The Kier molecular flexibility index (Phi) is 7.15. The van der Waals surface area contributed by atoms with Crippen molar-refractivity contribution in [2.75, 3.05) is 13.7 Å². The van der Waals surface area contributed by atoms with E-state index < -0.39 is 6.29 Å². The van der Waals surface area contributed by atoms with Crippen molar-refractivity contribution in [2.24, 2.45) is 0 Å². The highest BCUT2D eigenvalue weighted by atomic mass is 16.7. The second-order valence-electron chi connectivity index (χ2n) is 7.66. The molecule has 0 radical (unpaired) electrons. The van der Waals surface area contributed by atoms with Crippen molar-refractivity contribution >= 4 is 0 Å².